The molecule has 0 saturated carbocycles. The first kappa shape index (κ1) is 12.7. The molecule has 0 aliphatic heterocycles. The van der Waals surface area contributed by atoms with E-state index in [2.05, 4.69) is 34.3 Å². The molecule has 0 saturated heterocycles. The first-order chi connectivity index (χ1) is 8.79. The highest BCUT2D eigenvalue weighted by Gasteiger charge is 2.01. The van der Waals surface area contributed by atoms with Gasteiger partial charge in [-0.05, 0) is 18.6 Å². The van der Waals surface area contributed by atoms with Crippen LogP contribution < -0.4 is 11.1 Å². The Morgan fingerprint density at radius 3 is 2.44 bits per heavy atom. The fraction of sp³-hybridized carbons (Fsp3) is 0.286. The van der Waals surface area contributed by atoms with Gasteiger partial charge in [0.15, 0.2) is 5.82 Å². The second kappa shape index (κ2) is 6.23. The molecule has 4 heteroatoms. The number of rotatable bonds is 5. The summed E-state index contributed by atoms with van der Waals surface area (Å²) in [4.78, 5) is 8.45. The molecule has 94 valence electrons. The third-order valence-electron chi connectivity index (χ3n) is 2.79. The second-order valence-electron chi connectivity index (χ2n) is 4.29. The van der Waals surface area contributed by atoms with Crippen molar-refractivity contribution in [1.82, 2.24) is 15.3 Å². The highest BCUT2D eigenvalue weighted by atomic mass is 14.9. The fourth-order valence-electron chi connectivity index (χ4n) is 1.60. The molecule has 4 nitrogen and oxygen atoms in total. The Hall–Kier alpha value is -1.78. The SMILES string of the molecule is CC(CN)NCc1ccc(-c2ncccn2)cc1. The summed E-state index contributed by atoms with van der Waals surface area (Å²) in [6, 6.07) is 10.4. The van der Waals surface area contributed by atoms with E-state index in [1.165, 1.54) is 5.56 Å². The first-order valence-corrected chi connectivity index (χ1v) is 6.09. The number of aromatic nitrogens is 2. The van der Waals surface area contributed by atoms with E-state index >= 15 is 0 Å². The second-order valence-corrected chi connectivity index (χ2v) is 4.29. The summed E-state index contributed by atoms with van der Waals surface area (Å²) < 4.78 is 0. The van der Waals surface area contributed by atoms with E-state index < -0.39 is 0 Å². The van der Waals surface area contributed by atoms with Crippen molar-refractivity contribution in [3.63, 3.8) is 0 Å². The minimum Gasteiger partial charge on any atom is -0.329 e. The van der Waals surface area contributed by atoms with E-state index in [1.807, 2.05) is 18.2 Å². The zero-order chi connectivity index (χ0) is 12.8. The molecular formula is C14H18N4. The Bertz CT molecular complexity index is 467. The minimum atomic E-state index is 0.335. The largest absolute Gasteiger partial charge is 0.329 e. The van der Waals surface area contributed by atoms with Crippen LogP contribution in [0, 0.1) is 0 Å². The summed E-state index contributed by atoms with van der Waals surface area (Å²) in [5.41, 5.74) is 7.82. The molecule has 1 atom stereocenters. The number of nitrogens with zero attached hydrogens (tertiary/aromatic N) is 2. The van der Waals surface area contributed by atoms with Gasteiger partial charge < -0.3 is 11.1 Å². The summed E-state index contributed by atoms with van der Waals surface area (Å²) in [5.74, 6) is 0.757. The first-order valence-electron chi connectivity index (χ1n) is 6.09. The average molecular weight is 242 g/mol. The Morgan fingerprint density at radius 2 is 1.83 bits per heavy atom. The van der Waals surface area contributed by atoms with Gasteiger partial charge in [-0.3, -0.25) is 0 Å². The van der Waals surface area contributed by atoms with Crippen LogP contribution in [0.3, 0.4) is 0 Å². The lowest BCUT2D eigenvalue weighted by atomic mass is 10.1. The Morgan fingerprint density at radius 1 is 1.17 bits per heavy atom. The highest BCUT2D eigenvalue weighted by Crippen LogP contribution is 2.14. The van der Waals surface area contributed by atoms with E-state index in [-0.39, 0.29) is 0 Å². The lowest BCUT2D eigenvalue weighted by molar-refractivity contribution is 0.556. The molecule has 0 radical (unpaired) electrons. The molecule has 0 aliphatic carbocycles. The van der Waals surface area contributed by atoms with Crippen molar-refractivity contribution in [3.05, 3.63) is 48.3 Å². The quantitative estimate of drug-likeness (QED) is 0.835. The molecule has 1 aromatic heterocycles. The molecule has 1 heterocycles. The van der Waals surface area contributed by atoms with Gasteiger partial charge >= 0.3 is 0 Å². The van der Waals surface area contributed by atoms with Crippen molar-refractivity contribution in [3.8, 4) is 11.4 Å². The number of nitrogens with two attached hydrogens (primary N) is 1. The van der Waals surface area contributed by atoms with Crippen LogP contribution in [0.2, 0.25) is 0 Å². The fourth-order valence-corrected chi connectivity index (χ4v) is 1.60. The van der Waals surface area contributed by atoms with Crippen LogP contribution in [0.1, 0.15) is 12.5 Å². The van der Waals surface area contributed by atoms with Crippen LogP contribution in [0.4, 0.5) is 0 Å². The zero-order valence-electron chi connectivity index (χ0n) is 10.5. The molecule has 1 aromatic carbocycles. The number of benzene rings is 1. The van der Waals surface area contributed by atoms with E-state index in [4.69, 9.17) is 5.73 Å². The van der Waals surface area contributed by atoms with Crippen LogP contribution in [0.5, 0.6) is 0 Å². The molecule has 0 fully saturated rings. The van der Waals surface area contributed by atoms with Crippen LogP contribution >= 0.6 is 0 Å². The van der Waals surface area contributed by atoms with Crippen LogP contribution in [0.25, 0.3) is 11.4 Å². The van der Waals surface area contributed by atoms with Crippen molar-refractivity contribution < 1.29 is 0 Å². The average Bonchev–Trinajstić information content (AvgIpc) is 2.46. The third-order valence-corrected chi connectivity index (χ3v) is 2.79. The van der Waals surface area contributed by atoms with Gasteiger partial charge in [0.2, 0.25) is 0 Å². The molecular weight excluding hydrogens is 224 g/mol. The summed E-state index contributed by atoms with van der Waals surface area (Å²) in [7, 11) is 0. The van der Waals surface area contributed by atoms with E-state index in [1.54, 1.807) is 12.4 Å². The predicted octanol–water partition coefficient (Wildman–Crippen LogP) is 1.58. The lowest BCUT2D eigenvalue weighted by Crippen LogP contribution is -2.32. The summed E-state index contributed by atoms with van der Waals surface area (Å²) in [6.45, 7) is 3.55. The van der Waals surface area contributed by atoms with Crippen molar-refractivity contribution in [2.75, 3.05) is 6.54 Å². The van der Waals surface area contributed by atoms with Gasteiger partial charge in [0.05, 0.1) is 0 Å². The van der Waals surface area contributed by atoms with Crippen LogP contribution in [-0.2, 0) is 6.54 Å². The highest BCUT2D eigenvalue weighted by molar-refractivity contribution is 5.54. The molecule has 2 aromatic rings. The standard InChI is InChI=1S/C14H18N4/c1-11(9-15)18-10-12-3-5-13(6-4-12)14-16-7-2-8-17-14/h2-8,11,18H,9-10,15H2,1H3. The van der Waals surface area contributed by atoms with E-state index in [0.29, 0.717) is 12.6 Å². The maximum absolute atomic E-state index is 5.56. The summed E-state index contributed by atoms with van der Waals surface area (Å²) in [6.07, 6.45) is 3.50. The Balaban J connectivity index is 2.02. The molecule has 0 aliphatic rings. The molecule has 0 bridgehead atoms. The van der Waals surface area contributed by atoms with Gasteiger partial charge in [0, 0.05) is 37.1 Å². The van der Waals surface area contributed by atoms with Crippen molar-refractivity contribution in [2.24, 2.45) is 5.73 Å². The summed E-state index contributed by atoms with van der Waals surface area (Å²) in [5, 5.41) is 3.35. The van der Waals surface area contributed by atoms with Gasteiger partial charge in [0.25, 0.3) is 0 Å². The summed E-state index contributed by atoms with van der Waals surface area (Å²) >= 11 is 0. The Kier molecular flexibility index (Phi) is 4.39. The molecule has 18 heavy (non-hydrogen) atoms. The van der Waals surface area contributed by atoms with Gasteiger partial charge in [-0.1, -0.05) is 24.3 Å². The zero-order valence-corrected chi connectivity index (χ0v) is 10.5. The molecule has 1 unspecified atom stereocenters. The minimum absolute atomic E-state index is 0.335. The molecule has 2 rings (SSSR count). The topological polar surface area (TPSA) is 63.8 Å². The number of nitrogens with one attached hydrogen (secondary N) is 1. The van der Waals surface area contributed by atoms with Crippen molar-refractivity contribution in [2.45, 2.75) is 19.5 Å². The van der Waals surface area contributed by atoms with Gasteiger partial charge in [-0.25, -0.2) is 9.97 Å². The van der Waals surface area contributed by atoms with Crippen LogP contribution in [-0.4, -0.2) is 22.6 Å². The Labute approximate surface area is 107 Å². The van der Waals surface area contributed by atoms with Crippen LogP contribution in [0.15, 0.2) is 42.7 Å². The molecule has 3 N–H and O–H groups in total. The third kappa shape index (κ3) is 3.35. The maximum atomic E-state index is 5.56. The monoisotopic (exact) mass is 242 g/mol. The van der Waals surface area contributed by atoms with Crippen molar-refractivity contribution >= 4 is 0 Å². The molecule has 0 amide bonds. The predicted molar refractivity (Wildman–Crippen MR) is 72.8 cm³/mol. The van der Waals surface area contributed by atoms with Gasteiger partial charge in [0.1, 0.15) is 0 Å². The normalized spacial score (nSPS) is 12.3. The van der Waals surface area contributed by atoms with E-state index in [0.717, 1.165) is 17.9 Å². The van der Waals surface area contributed by atoms with Gasteiger partial charge in [-0.15, -0.1) is 0 Å². The maximum Gasteiger partial charge on any atom is 0.159 e. The molecule has 0 spiro atoms. The van der Waals surface area contributed by atoms with Gasteiger partial charge in [-0.2, -0.15) is 0 Å². The smallest absolute Gasteiger partial charge is 0.159 e. The van der Waals surface area contributed by atoms with Crippen molar-refractivity contribution in [1.29, 1.82) is 0 Å². The number of hydrogen-bond donors (Lipinski definition) is 2. The lowest BCUT2D eigenvalue weighted by Gasteiger charge is -2.11. The van der Waals surface area contributed by atoms with E-state index in [9.17, 15) is 0 Å². The number of hydrogen-bond acceptors (Lipinski definition) is 4.